The molecule has 10 heteroatoms. The van der Waals surface area contributed by atoms with Crippen LogP contribution in [0, 0.1) is 0 Å². The number of fused-ring (bicyclic) bond motifs is 1. The molecule has 0 radical (unpaired) electrons. The summed E-state index contributed by atoms with van der Waals surface area (Å²) in [5.41, 5.74) is 2.29. The molecule has 0 aliphatic heterocycles. The van der Waals surface area contributed by atoms with Crippen LogP contribution in [0.2, 0.25) is 5.02 Å². The van der Waals surface area contributed by atoms with Gasteiger partial charge in [0.2, 0.25) is 0 Å². The van der Waals surface area contributed by atoms with Crippen molar-refractivity contribution in [3.8, 4) is 11.3 Å². The van der Waals surface area contributed by atoms with Gasteiger partial charge in [0.25, 0.3) is 5.56 Å². The number of thiazole rings is 1. The zero-order chi connectivity index (χ0) is 19.7. The van der Waals surface area contributed by atoms with E-state index in [4.69, 9.17) is 23.8 Å². The van der Waals surface area contributed by atoms with Gasteiger partial charge >= 0.3 is 0 Å². The van der Waals surface area contributed by atoms with E-state index in [0.717, 1.165) is 15.7 Å². The fourth-order valence-electron chi connectivity index (χ4n) is 2.49. The number of H-pyrrole nitrogens is 1. The Morgan fingerprint density at radius 1 is 1.11 bits per heavy atom. The fraction of sp³-hybridized carbons (Fsp3) is 0. The molecule has 0 saturated heterocycles. The molecule has 2 aromatic carbocycles. The number of halogens is 2. The highest BCUT2D eigenvalue weighted by Crippen LogP contribution is 2.32. The lowest BCUT2D eigenvalue weighted by atomic mass is 10.1. The maximum atomic E-state index is 12.2. The molecule has 0 aliphatic rings. The van der Waals surface area contributed by atoms with Crippen molar-refractivity contribution in [2.24, 2.45) is 0 Å². The van der Waals surface area contributed by atoms with Gasteiger partial charge in [-0.3, -0.25) is 4.79 Å². The highest BCUT2D eigenvalue weighted by Gasteiger charge is 2.15. The largest absolute Gasteiger partial charge is 0.332 e. The minimum absolute atomic E-state index is 0.315. The van der Waals surface area contributed by atoms with Gasteiger partial charge in [-0.1, -0.05) is 51.0 Å². The number of hydrogen-bond donors (Lipinski definition) is 3. The first kappa shape index (κ1) is 19.0. The molecule has 0 fully saturated rings. The predicted octanol–water partition coefficient (Wildman–Crippen LogP) is 5.27. The lowest BCUT2D eigenvalue weighted by molar-refractivity contribution is 1.01. The summed E-state index contributed by atoms with van der Waals surface area (Å²) >= 11 is 15.9. The number of benzene rings is 2. The minimum Gasteiger partial charge on any atom is -0.332 e. The standard InChI is InChI=1S/C18H11BrClN5OS2/c19-10-3-1-9(2-4-10)13-15-14(16(26)25-24-13)22-18(28-15)23-17(27)21-12-7-5-11(20)6-8-12/h1-8H,(H,25,26)(H2,21,22,23,27). The molecule has 0 bridgehead atoms. The second-order valence-corrected chi connectivity index (χ2v) is 8.45. The summed E-state index contributed by atoms with van der Waals surface area (Å²) < 4.78 is 1.64. The van der Waals surface area contributed by atoms with Crippen LogP contribution in [0.1, 0.15) is 0 Å². The van der Waals surface area contributed by atoms with Gasteiger partial charge in [-0.25, -0.2) is 10.1 Å². The Balaban J connectivity index is 1.63. The zero-order valence-electron chi connectivity index (χ0n) is 14.0. The number of nitrogens with one attached hydrogen (secondary N) is 3. The van der Waals surface area contributed by atoms with E-state index in [1.54, 1.807) is 12.1 Å². The van der Waals surface area contributed by atoms with Gasteiger partial charge in [0.15, 0.2) is 15.8 Å². The monoisotopic (exact) mass is 491 g/mol. The Labute approximate surface area is 182 Å². The molecule has 0 aliphatic carbocycles. The Hall–Kier alpha value is -2.33. The van der Waals surface area contributed by atoms with Crippen molar-refractivity contribution in [2.45, 2.75) is 0 Å². The maximum absolute atomic E-state index is 12.2. The average molecular weight is 493 g/mol. The van der Waals surface area contributed by atoms with Crippen molar-refractivity contribution >= 4 is 77.2 Å². The summed E-state index contributed by atoms with van der Waals surface area (Å²) in [5, 5.41) is 14.3. The molecule has 140 valence electrons. The molecular weight excluding hydrogens is 482 g/mol. The van der Waals surface area contributed by atoms with E-state index in [2.05, 4.69) is 41.7 Å². The third-order valence-corrected chi connectivity index (χ3v) is 5.73. The normalized spacial score (nSPS) is 10.8. The molecule has 0 unspecified atom stereocenters. The number of rotatable bonds is 3. The van der Waals surface area contributed by atoms with Crippen molar-refractivity contribution in [3.05, 3.63) is 68.4 Å². The molecular formula is C18H11BrClN5OS2. The Kier molecular flexibility index (Phi) is 5.40. The summed E-state index contributed by atoms with van der Waals surface area (Å²) in [6.45, 7) is 0. The number of aromatic nitrogens is 3. The van der Waals surface area contributed by atoms with E-state index in [1.165, 1.54) is 11.3 Å². The molecule has 0 amide bonds. The van der Waals surface area contributed by atoms with Gasteiger partial charge in [0.05, 0.1) is 4.70 Å². The van der Waals surface area contributed by atoms with E-state index >= 15 is 0 Å². The van der Waals surface area contributed by atoms with E-state index in [1.807, 2.05) is 36.4 Å². The van der Waals surface area contributed by atoms with Gasteiger partial charge in [0, 0.05) is 20.7 Å². The van der Waals surface area contributed by atoms with Crippen molar-refractivity contribution in [3.63, 3.8) is 0 Å². The van der Waals surface area contributed by atoms with Crippen LogP contribution >= 0.6 is 51.1 Å². The number of thiocarbonyl (C=S) groups is 1. The van der Waals surface area contributed by atoms with Gasteiger partial charge < -0.3 is 10.6 Å². The van der Waals surface area contributed by atoms with Gasteiger partial charge in [-0.05, 0) is 48.6 Å². The van der Waals surface area contributed by atoms with Crippen LogP contribution in [0.4, 0.5) is 10.8 Å². The van der Waals surface area contributed by atoms with E-state index < -0.39 is 0 Å². The molecule has 2 heterocycles. The molecule has 2 aromatic heterocycles. The van der Waals surface area contributed by atoms with Crippen LogP contribution in [0.15, 0.2) is 57.8 Å². The van der Waals surface area contributed by atoms with E-state index in [0.29, 0.717) is 31.2 Å². The van der Waals surface area contributed by atoms with Crippen LogP contribution in [-0.4, -0.2) is 20.3 Å². The average Bonchev–Trinajstić information content (AvgIpc) is 3.09. The fourth-order valence-corrected chi connectivity index (χ4v) is 4.14. The second kappa shape index (κ2) is 7.96. The lowest BCUT2D eigenvalue weighted by Crippen LogP contribution is -2.19. The Bertz CT molecular complexity index is 1220. The SMILES string of the molecule is O=c1[nH]nc(-c2ccc(Br)cc2)c2sc(NC(=S)Nc3ccc(Cl)cc3)nc12. The minimum atomic E-state index is -0.350. The third kappa shape index (κ3) is 4.07. The summed E-state index contributed by atoms with van der Waals surface area (Å²) in [4.78, 5) is 16.5. The van der Waals surface area contributed by atoms with E-state index in [-0.39, 0.29) is 5.56 Å². The van der Waals surface area contributed by atoms with Gasteiger partial charge in [-0.2, -0.15) is 5.10 Å². The van der Waals surface area contributed by atoms with Crippen molar-refractivity contribution in [1.82, 2.24) is 15.2 Å². The molecule has 0 atom stereocenters. The Morgan fingerprint density at radius 3 is 2.54 bits per heavy atom. The van der Waals surface area contributed by atoms with Crippen LogP contribution in [0.5, 0.6) is 0 Å². The highest BCUT2D eigenvalue weighted by atomic mass is 79.9. The quantitative estimate of drug-likeness (QED) is 0.338. The zero-order valence-corrected chi connectivity index (χ0v) is 18.0. The summed E-state index contributed by atoms with van der Waals surface area (Å²) in [6.07, 6.45) is 0. The number of aromatic amines is 1. The number of anilines is 2. The van der Waals surface area contributed by atoms with Crippen molar-refractivity contribution < 1.29 is 0 Å². The Morgan fingerprint density at radius 2 is 1.82 bits per heavy atom. The molecule has 3 N–H and O–H groups in total. The van der Waals surface area contributed by atoms with E-state index in [9.17, 15) is 4.79 Å². The maximum Gasteiger partial charge on any atom is 0.291 e. The highest BCUT2D eigenvalue weighted by molar-refractivity contribution is 9.10. The van der Waals surface area contributed by atoms with Crippen LogP contribution in [0.25, 0.3) is 21.5 Å². The summed E-state index contributed by atoms with van der Waals surface area (Å²) in [7, 11) is 0. The number of hydrogen-bond acceptors (Lipinski definition) is 5. The molecule has 0 spiro atoms. The van der Waals surface area contributed by atoms with Crippen LogP contribution < -0.4 is 16.2 Å². The summed E-state index contributed by atoms with van der Waals surface area (Å²) in [6, 6.07) is 14.8. The van der Waals surface area contributed by atoms with Gasteiger partial charge in [-0.15, -0.1) is 0 Å². The van der Waals surface area contributed by atoms with Crippen molar-refractivity contribution in [1.29, 1.82) is 0 Å². The topological polar surface area (TPSA) is 82.7 Å². The first-order valence-corrected chi connectivity index (χ1v) is 10.4. The number of nitrogens with zero attached hydrogens (tertiary/aromatic N) is 2. The predicted molar refractivity (Wildman–Crippen MR) is 122 cm³/mol. The molecule has 6 nitrogen and oxygen atoms in total. The van der Waals surface area contributed by atoms with Crippen LogP contribution in [-0.2, 0) is 0 Å². The first-order valence-electron chi connectivity index (χ1n) is 7.98. The molecule has 28 heavy (non-hydrogen) atoms. The third-order valence-electron chi connectivity index (χ3n) is 3.77. The molecule has 4 rings (SSSR count). The molecule has 4 aromatic rings. The lowest BCUT2D eigenvalue weighted by Gasteiger charge is -2.07. The summed E-state index contributed by atoms with van der Waals surface area (Å²) in [5.74, 6) is 0. The molecule has 0 saturated carbocycles. The van der Waals surface area contributed by atoms with Crippen molar-refractivity contribution in [2.75, 3.05) is 10.6 Å². The van der Waals surface area contributed by atoms with Crippen LogP contribution in [0.3, 0.4) is 0 Å². The van der Waals surface area contributed by atoms with Gasteiger partial charge in [0.1, 0.15) is 5.69 Å². The second-order valence-electron chi connectivity index (χ2n) is 5.69. The first-order chi connectivity index (χ1) is 13.5. The smallest absolute Gasteiger partial charge is 0.291 e.